The fourth-order valence-corrected chi connectivity index (χ4v) is 4.25. The fraction of sp³-hybridized carbons (Fsp3) is 0.391. The summed E-state index contributed by atoms with van der Waals surface area (Å²) < 4.78 is 15.5. The Bertz CT molecular complexity index is 1040. The molecule has 0 bridgehead atoms. The summed E-state index contributed by atoms with van der Waals surface area (Å²) in [5.74, 6) is 2.61. The lowest BCUT2D eigenvalue weighted by Crippen LogP contribution is -2.27. The molecule has 0 saturated carbocycles. The maximum atomic E-state index is 5.69. The number of benzene rings is 2. The first-order chi connectivity index (χ1) is 14.6. The van der Waals surface area contributed by atoms with E-state index in [1.807, 2.05) is 47.5 Å². The Morgan fingerprint density at radius 2 is 1.77 bits per heavy atom. The molecule has 0 aliphatic carbocycles. The van der Waals surface area contributed by atoms with Crippen molar-refractivity contribution in [2.24, 2.45) is 7.05 Å². The second-order valence-corrected chi connectivity index (χ2v) is 7.87. The van der Waals surface area contributed by atoms with Crippen molar-refractivity contribution in [3.63, 3.8) is 0 Å². The first-order valence-corrected chi connectivity index (χ1v) is 10.8. The van der Waals surface area contributed by atoms with Gasteiger partial charge in [-0.2, -0.15) is 5.10 Å². The van der Waals surface area contributed by atoms with E-state index in [9.17, 15) is 0 Å². The molecule has 0 radical (unpaired) electrons. The van der Waals surface area contributed by atoms with Crippen LogP contribution in [0.15, 0.2) is 48.5 Å². The highest BCUT2D eigenvalue weighted by Gasteiger charge is 2.27. The van der Waals surface area contributed by atoms with Crippen LogP contribution >= 0.6 is 12.2 Å². The summed E-state index contributed by atoms with van der Waals surface area (Å²) in [5, 5.41) is 4.84. The summed E-state index contributed by atoms with van der Waals surface area (Å²) >= 11 is 5.69. The lowest BCUT2D eigenvalue weighted by molar-refractivity contribution is 0.190. The lowest BCUT2D eigenvalue weighted by atomic mass is 10.0. The second-order valence-electron chi connectivity index (χ2n) is 7.51. The Labute approximate surface area is 182 Å². The number of hydrogen-bond acceptors (Lipinski definition) is 5. The molecular weight excluding hydrogens is 396 g/mol. The minimum atomic E-state index is 0.369. The zero-order chi connectivity index (χ0) is 21.1. The van der Waals surface area contributed by atoms with Crippen LogP contribution in [-0.4, -0.2) is 39.5 Å². The maximum Gasteiger partial charge on any atom is 0.199 e. The van der Waals surface area contributed by atoms with Gasteiger partial charge in [0, 0.05) is 25.2 Å². The first kappa shape index (κ1) is 20.6. The third-order valence-electron chi connectivity index (χ3n) is 5.64. The normalized spacial score (nSPS) is 16.7. The summed E-state index contributed by atoms with van der Waals surface area (Å²) in [5.41, 5.74) is 2.33. The molecule has 2 heterocycles. The minimum Gasteiger partial charge on any atom is -0.497 e. The predicted octanol–water partition coefficient (Wildman–Crippen LogP) is 4.82. The SMILES string of the molecule is CCOc1ccc(C2CCCN2Cn2nc(-c3ccc(OC)cc3)n(C)c2=S)cc1. The van der Waals surface area contributed by atoms with Crippen LogP contribution in [0.2, 0.25) is 0 Å². The molecule has 1 atom stereocenters. The quantitative estimate of drug-likeness (QED) is 0.509. The largest absolute Gasteiger partial charge is 0.497 e. The van der Waals surface area contributed by atoms with Gasteiger partial charge in [0.1, 0.15) is 11.5 Å². The number of likely N-dealkylation sites (tertiary alicyclic amines) is 1. The van der Waals surface area contributed by atoms with E-state index in [4.69, 9.17) is 26.8 Å². The van der Waals surface area contributed by atoms with Gasteiger partial charge >= 0.3 is 0 Å². The van der Waals surface area contributed by atoms with Crippen molar-refractivity contribution in [3.05, 3.63) is 58.9 Å². The Morgan fingerprint density at radius 3 is 2.43 bits per heavy atom. The molecule has 1 aromatic heterocycles. The Balaban J connectivity index is 1.55. The van der Waals surface area contributed by atoms with Gasteiger partial charge in [0.2, 0.25) is 0 Å². The van der Waals surface area contributed by atoms with Gasteiger partial charge in [0.05, 0.1) is 20.4 Å². The van der Waals surface area contributed by atoms with Crippen molar-refractivity contribution >= 4 is 12.2 Å². The van der Waals surface area contributed by atoms with Gasteiger partial charge in [-0.3, -0.25) is 4.90 Å². The average molecular weight is 425 g/mol. The van der Waals surface area contributed by atoms with Gasteiger partial charge in [-0.05, 0) is 73.9 Å². The Morgan fingerprint density at radius 1 is 1.07 bits per heavy atom. The van der Waals surface area contributed by atoms with Crippen LogP contribution in [0, 0.1) is 4.77 Å². The molecule has 2 aromatic carbocycles. The van der Waals surface area contributed by atoms with Crippen molar-refractivity contribution in [2.45, 2.75) is 32.5 Å². The van der Waals surface area contributed by atoms with Gasteiger partial charge in [0.25, 0.3) is 0 Å². The molecule has 1 aliphatic heterocycles. The molecule has 1 aliphatic rings. The molecule has 6 nitrogen and oxygen atoms in total. The van der Waals surface area contributed by atoms with Crippen molar-refractivity contribution < 1.29 is 9.47 Å². The van der Waals surface area contributed by atoms with E-state index in [1.165, 1.54) is 12.0 Å². The number of rotatable bonds is 7. The van der Waals surface area contributed by atoms with Gasteiger partial charge in [-0.25, -0.2) is 4.68 Å². The van der Waals surface area contributed by atoms with Crippen LogP contribution in [0.25, 0.3) is 11.4 Å². The standard InChI is InChI=1S/C23H28N4O2S/c1-4-29-20-13-7-17(8-14-20)21-6-5-15-26(21)16-27-23(30)25(2)22(24-27)18-9-11-19(28-3)12-10-18/h7-14,21H,4-6,15-16H2,1-3H3. The maximum absolute atomic E-state index is 5.69. The van der Waals surface area contributed by atoms with Crippen molar-refractivity contribution in [2.75, 3.05) is 20.3 Å². The molecule has 30 heavy (non-hydrogen) atoms. The summed E-state index contributed by atoms with van der Waals surface area (Å²) in [4.78, 5) is 2.45. The molecule has 3 aromatic rings. The zero-order valence-electron chi connectivity index (χ0n) is 17.7. The molecule has 1 unspecified atom stereocenters. The van der Waals surface area contributed by atoms with E-state index in [1.54, 1.807) is 7.11 Å². The first-order valence-electron chi connectivity index (χ1n) is 10.4. The molecule has 0 N–H and O–H groups in total. The summed E-state index contributed by atoms with van der Waals surface area (Å²) in [6.45, 7) is 4.40. The van der Waals surface area contributed by atoms with Crippen molar-refractivity contribution in [3.8, 4) is 22.9 Å². The van der Waals surface area contributed by atoms with E-state index in [0.717, 1.165) is 40.6 Å². The molecule has 1 fully saturated rings. The molecule has 4 rings (SSSR count). The number of nitrogens with zero attached hydrogens (tertiary/aromatic N) is 4. The Kier molecular flexibility index (Phi) is 6.20. The predicted molar refractivity (Wildman–Crippen MR) is 120 cm³/mol. The van der Waals surface area contributed by atoms with Crippen LogP contribution in [0.3, 0.4) is 0 Å². The van der Waals surface area contributed by atoms with Crippen LogP contribution in [0.5, 0.6) is 11.5 Å². The zero-order valence-corrected chi connectivity index (χ0v) is 18.6. The monoisotopic (exact) mass is 424 g/mol. The molecule has 0 spiro atoms. The third kappa shape index (κ3) is 4.13. The number of ether oxygens (including phenoxy) is 2. The second kappa shape index (κ2) is 9.02. The number of methoxy groups -OCH3 is 1. The van der Waals surface area contributed by atoms with E-state index in [-0.39, 0.29) is 0 Å². The molecule has 0 amide bonds. The van der Waals surface area contributed by atoms with Crippen LogP contribution < -0.4 is 9.47 Å². The van der Waals surface area contributed by atoms with Crippen LogP contribution in [0.4, 0.5) is 0 Å². The molecule has 1 saturated heterocycles. The highest BCUT2D eigenvalue weighted by atomic mass is 32.1. The highest BCUT2D eigenvalue weighted by Crippen LogP contribution is 2.33. The van der Waals surface area contributed by atoms with Crippen molar-refractivity contribution in [1.82, 2.24) is 19.2 Å². The van der Waals surface area contributed by atoms with Crippen LogP contribution in [-0.2, 0) is 13.7 Å². The van der Waals surface area contributed by atoms with E-state index >= 15 is 0 Å². The summed E-state index contributed by atoms with van der Waals surface area (Å²) in [7, 11) is 3.64. The number of aromatic nitrogens is 3. The lowest BCUT2D eigenvalue weighted by Gasteiger charge is -2.24. The molecule has 158 valence electrons. The molecular formula is C23H28N4O2S. The average Bonchev–Trinajstić information content (AvgIpc) is 3.35. The highest BCUT2D eigenvalue weighted by molar-refractivity contribution is 7.71. The van der Waals surface area contributed by atoms with Gasteiger partial charge in [0.15, 0.2) is 10.6 Å². The van der Waals surface area contributed by atoms with Gasteiger partial charge in [-0.15, -0.1) is 0 Å². The Hall–Kier alpha value is -2.64. The third-order valence-corrected chi connectivity index (χ3v) is 6.13. The summed E-state index contributed by atoms with van der Waals surface area (Å²) in [6, 6.07) is 16.8. The van der Waals surface area contributed by atoms with Crippen LogP contribution in [0.1, 0.15) is 31.4 Å². The fourth-order valence-electron chi connectivity index (χ4n) is 4.07. The summed E-state index contributed by atoms with van der Waals surface area (Å²) in [6.07, 6.45) is 2.31. The molecule has 7 heteroatoms. The van der Waals surface area contributed by atoms with E-state index < -0.39 is 0 Å². The van der Waals surface area contributed by atoms with E-state index in [2.05, 4.69) is 29.2 Å². The topological polar surface area (TPSA) is 44.4 Å². The van der Waals surface area contributed by atoms with E-state index in [0.29, 0.717) is 19.3 Å². The minimum absolute atomic E-state index is 0.369. The van der Waals surface area contributed by atoms with Gasteiger partial charge < -0.3 is 14.0 Å². The number of hydrogen-bond donors (Lipinski definition) is 0. The smallest absolute Gasteiger partial charge is 0.199 e. The van der Waals surface area contributed by atoms with Gasteiger partial charge in [-0.1, -0.05) is 12.1 Å². The van der Waals surface area contributed by atoms with Crippen molar-refractivity contribution in [1.29, 1.82) is 0 Å².